The largest absolute Gasteiger partial charge is 0.325 e. The molecule has 1 saturated heterocycles. The third-order valence-electron chi connectivity index (χ3n) is 5.64. The molecule has 0 aliphatic carbocycles. The van der Waals surface area contributed by atoms with Crippen molar-refractivity contribution in [1.29, 1.82) is 0 Å². The van der Waals surface area contributed by atoms with Crippen LogP contribution in [0.4, 0.5) is 5.69 Å². The van der Waals surface area contributed by atoms with E-state index in [1.54, 1.807) is 24.3 Å². The first-order valence-corrected chi connectivity index (χ1v) is 13.7. The zero-order valence-electron chi connectivity index (χ0n) is 18.0. The first-order chi connectivity index (χ1) is 15.8. The Morgan fingerprint density at radius 3 is 2.42 bits per heavy atom. The Balaban J connectivity index is 1.53. The number of amidine groups is 1. The number of nitrogens with one attached hydrogen (secondary N) is 2. The molecular formula is C22H26N4O5S2. The van der Waals surface area contributed by atoms with Gasteiger partial charge in [-0.1, -0.05) is 30.7 Å². The maximum Gasteiger partial charge on any atom is 0.262 e. The molecule has 2 aromatic carbocycles. The van der Waals surface area contributed by atoms with Crippen molar-refractivity contribution in [2.24, 2.45) is 4.99 Å². The van der Waals surface area contributed by atoms with Crippen molar-refractivity contribution in [2.45, 2.75) is 47.9 Å². The Morgan fingerprint density at radius 1 is 0.939 bits per heavy atom. The zero-order chi connectivity index (χ0) is 23.5. The van der Waals surface area contributed by atoms with Gasteiger partial charge in [-0.3, -0.25) is 14.5 Å². The Labute approximate surface area is 194 Å². The molecule has 2 heterocycles. The summed E-state index contributed by atoms with van der Waals surface area (Å²) < 4.78 is 55.4. The summed E-state index contributed by atoms with van der Waals surface area (Å²) in [5.41, 5.74) is 0.277. The predicted octanol–water partition coefficient (Wildman–Crippen LogP) is 2.34. The van der Waals surface area contributed by atoms with E-state index in [0.717, 1.165) is 12.8 Å². The van der Waals surface area contributed by atoms with Crippen molar-refractivity contribution >= 4 is 37.5 Å². The number of carbonyl (C=O) groups is 1. The monoisotopic (exact) mass is 490 g/mol. The van der Waals surface area contributed by atoms with E-state index in [1.807, 2.05) is 0 Å². The summed E-state index contributed by atoms with van der Waals surface area (Å²) in [6.45, 7) is 0.841. The summed E-state index contributed by atoms with van der Waals surface area (Å²) in [6, 6.07) is 13.0. The summed E-state index contributed by atoms with van der Waals surface area (Å²) in [7, 11) is -7.68. The quantitative estimate of drug-likeness (QED) is 0.643. The molecule has 0 spiro atoms. The van der Waals surface area contributed by atoms with Crippen LogP contribution in [0.3, 0.4) is 0 Å². The van der Waals surface area contributed by atoms with E-state index < -0.39 is 32.0 Å². The van der Waals surface area contributed by atoms with E-state index in [0.29, 0.717) is 31.6 Å². The highest BCUT2D eigenvalue weighted by Crippen LogP contribution is 2.26. The van der Waals surface area contributed by atoms with Gasteiger partial charge in [0.05, 0.1) is 9.79 Å². The molecule has 2 N–H and O–H groups in total. The molecule has 0 aromatic heterocycles. The van der Waals surface area contributed by atoms with Crippen LogP contribution >= 0.6 is 0 Å². The number of amides is 1. The third-order valence-corrected chi connectivity index (χ3v) is 8.95. The molecule has 2 aliphatic heterocycles. The Hall–Kier alpha value is -2.76. The zero-order valence-corrected chi connectivity index (χ0v) is 19.6. The molecule has 1 atom stereocenters. The molecule has 1 amide bonds. The van der Waals surface area contributed by atoms with Gasteiger partial charge in [-0.2, -0.15) is 4.31 Å². The minimum Gasteiger partial charge on any atom is -0.325 e. The lowest BCUT2D eigenvalue weighted by molar-refractivity contribution is -0.120. The first-order valence-electron chi connectivity index (χ1n) is 10.8. The number of sulfonamides is 2. The smallest absolute Gasteiger partial charge is 0.262 e. The number of hydrogen-bond acceptors (Lipinski definition) is 6. The van der Waals surface area contributed by atoms with Crippen LogP contribution in [0.5, 0.6) is 0 Å². The summed E-state index contributed by atoms with van der Waals surface area (Å²) in [4.78, 5) is 17.4. The number of hydrogen-bond donors (Lipinski definition) is 2. The fourth-order valence-corrected chi connectivity index (χ4v) is 6.80. The standard InChI is InChI=1S/C22H26N4O5S2/c27-22(20-12-4-5-15-26(20)33(30,31)18-9-2-1-3-10-18)24-17-8-6-11-19(16-17)32(28,29)25-21-13-7-14-23-21/h1-3,6,8-11,16,20H,4-5,7,12-15H2,(H,23,25)(H,24,27)/t20-/m0/s1. The van der Waals surface area contributed by atoms with Gasteiger partial charge in [-0.05, 0) is 49.6 Å². The van der Waals surface area contributed by atoms with Gasteiger partial charge in [0.25, 0.3) is 10.0 Å². The number of aliphatic imine (C=N–C) groups is 1. The first kappa shape index (κ1) is 23.4. The third kappa shape index (κ3) is 5.26. The predicted molar refractivity (Wildman–Crippen MR) is 125 cm³/mol. The Kier molecular flexibility index (Phi) is 6.82. The molecule has 0 saturated carbocycles. The molecule has 9 nitrogen and oxygen atoms in total. The molecule has 11 heteroatoms. The number of benzene rings is 2. The molecule has 33 heavy (non-hydrogen) atoms. The van der Waals surface area contributed by atoms with Gasteiger partial charge in [-0.25, -0.2) is 16.8 Å². The van der Waals surface area contributed by atoms with Gasteiger partial charge < -0.3 is 5.32 Å². The second-order valence-electron chi connectivity index (χ2n) is 7.99. The average molecular weight is 491 g/mol. The lowest BCUT2D eigenvalue weighted by Gasteiger charge is -2.33. The maximum absolute atomic E-state index is 13.2. The lowest BCUT2D eigenvalue weighted by Crippen LogP contribution is -2.49. The van der Waals surface area contributed by atoms with Crippen molar-refractivity contribution < 1.29 is 21.6 Å². The van der Waals surface area contributed by atoms with E-state index >= 15 is 0 Å². The van der Waals surface area contributed by atoms with Gasteiger partial charge in [0.2, 0.25) is 15.9 Å². The summed E-state index contributed by atoms with van der Waals surface area (Å²) >= 11 is 0. The Bertz CT molecular complexity index is 1260. The average Bonchev–Trinajstić information content (AvgIpc) is 3.32. The van der Waals surface area contributed by atoms with Crippen molar-refractivity contribution in [2.75, 3.05) is 18.4 Å². The molecule has 1 fully saturated rings. The van der Waals surface area contributed by atoms with Crippen LogP contribution in [-0.4, -0.2) is 52.0 Å². The van der Waals surface area contributed by atoms with Crippen LogP contribution in [0, 0.1) is 0 Å². The molecule has 2 aliphatic rings. The van der Waals surface area contributed by atoms with Gasteiger partial charge in [0.1, 0.15) is 11.9 Å². The SMILES string of the molecule is O=C(Nc1cccc(S(=O)(=O)NC2=NCCC2)c1)[C@@H]1CCCCN1S(=O)(=O)c1ccccc1. The van der Waals surface area contributed by atoms with E-state index in [2.05, 4.69) is 15.0 Å². The highest BCUT2D eigenvalue weighted by molar-refractivity contribution is 7.90. The highest BCUT2D eigenvalue weighted by atomic mass is 32.2. The molecule has 2 aromatic rings. The minimum atomic E-state index is -3.84. The van der Waals surface area contributed by atoms with Crippen molar-refractivity contribution in [3.05, 3.63) is 54.6 Å². The molecule has 0 unspecified atom stereocenters. The molecular weight excluding hydrogens is 464 g/mol. The lowest BCUT2D eigenvalue weighted by atomic mass is 10.0. The maximum atomic E-state index is 13.2. The van der Waals surface area contributed by atoms with Crippen LogP contribution in [0.25, 0.3) is 0 Å². The highest BCUT2D eigenvalue weighted by Gasteiger charge is 2.37. The molecule has 4 rings (SSSR count). The Morgan fingerprint density at radius 2 is 1.70 bits per heavy atom. The fraction of sp³-hybridized carbons (Fsp3) is 0.364. The van der Waals surface area contributed by atoms with Gasteiger partial charge in [0, 0.05) is 25.2 Å². The van der Waals surface area contributed by atoms with Gasteiger partial charge in [-0.15, -0.1) is 0 Å². The topological polar surface area (TPSA) is 125 Å². The molecule has 0 radical (unpaired) electrons. The van der Waals surface area contributed by atoms with Gasteiger partial charge in [0.15, 0.2) is 0 Å². The summed E-state index contributed by atoms with van der Waals surface area (Å²) in [5, 5.41) is 2.70. The summed E-state index contributed by atoms with van der Waals surface area (Å²) in [6.07, 6.45) is 3.15. The minimum absolute atomic E-state index is 0.00712. The van der Waals surface area contributed by atoms with E-state index in [4.69, 9.17) is 0 Å². The van der Waals surface area contributed by atoms with Crippen LogP contribution in [0.1, 0.15) is 32.1 Å². The van der Waals surface area contributed by atoms with E-state index in [1.165, 1.54) is 34.6 Å². The number of piperidine rings is 1. The number of rotatable bonds is 6. The van der Waals surface area contributed by atoms with Crippen LogP contribution in [0.15, 0.2) is 69.4 Å². The van der Waals surface area contributed by atoms with E-state index in [-0.39, 0.29) is 22.0 Å². The number of anilines is 1. The van der Waals surface area contributed by atoms with Gasteiger partial charge >= 0.3 is 0 Å². The van der Waals surface area contributed by atoms with E-state index in [9.17, 15) is 21.6 Å². The second kappa shape index (κ2) is 9.62. The van der Waals surface area contributed by atoms with Crippen LogP contribution in [0.2, 0.25) is 0 Å². The van der Waals surface area contributed by atoms with Crippen molar-refractivity contribution in [1.82, 2.24) is 9.03 Å². The van der Waals surface area contributed by atoms with Crippen molar-refractivity contribution in [3.8, 4) is 0 Å². The fourth-order valence-electron chi connectivity index (χ4n) is 3.99. The summed E-state index contributed by atoms with van der Waals surface area (Å²) in [5.74, 6) is -0.0646. The normalized spacial score (nSPS) is 19.6. The van der Waals surface area contributed by atoms with Crippen LogP contribution in [-0.2, 0) is 24.8 Å². The van der Waals surface area contributed by atoms with Crippen LogP contribution < -0.4 is 10.0 Å². The number of nitrogens with zero attached hydrogens (tertiary/aromatic N) is 2. The molecule has 176 valence electrons. The number of carbonyl (C=O) groups excluding carboxylic acids is 1. The second-order valence-corrected chi connectivity index (χ2v) is 11.6. The molecule has 0 bridgehead atoms. The van der Waals surface area contributed by atoms with Crippen molar-refractivity contribution in [3.63, 3.8) is 0 Å².